The Morgan fingerprint density at radius 2 is 1.93 bits per heavy atom. The summed E-state index contributed by atoms with van der Waals surface area (Å²) in [7, 11) is 1.56. The van der Waals surface area contributed by atoms with Crippen LogP contribution in [-0.4, -0.2) is 31.8 Å². The van der Waals surface area contributed by atoms with E-state index in [1.807, 2.05) is 6.92 Å². The number of carbonyl (C=O) groups is 2. The van der Waals surface area contributed by atoms with Gasteiger partial charge in [-0.25, -0.2) is 5.43 Å². The summed E-state index contributed by atoms with van der Waals surface area (Å²) < 4.78 is 16.3. The minimum Gasteiger partial charge on any atom is -0.497 e. The van der Waals surface area contributed by atoms with E-state index in [-0.39, 0.29) is 5.91 Å². The number of hydrazone groups is 1. The molecule has 0 spiro atoms. The van der Waals surface area contributed by atoms with Gasteiger partial charge in [-0.15, -0.1) is 0 Å². The summed E-state index contributed by atoms with van der Waals surface area (Å²) >= 11 is 3.35. The van der Waals surface area contributed by atoms with Crippen molar-refractivity contribution in [3.05, 3.63) is 52.0 Å². The van der Waals surface area contributed by atoms with Crippen molar-refractivity contribution in [3.63, 3.8) is 0 Å². The van der Waals surface area contributed by atoms with Crippen LogP contribution >= 0.6 is 15.9 Å². The van der Waals surface area contributed by atoms with Crippen molar-refractivity contribution in [3.8, 4) is 17.2 Å². The highest BCUT2D eigenvalue weighted by atomic mass is 79.9. The summed E-state index contributed by atoms with van der Waals surface area (Å²) in [6.45, 7) is 3.53. The predicted octanol–water partition coefficient (Wildman–Crippen LogP) is 3.55. The lowest BCUT2D eigenvalue weighted by Gasteiger charge is -2.12. The van der Waals surface area contributed by atoms with Crippen molar-refractivity contribution in [2.45, 2.75) is 13.8 Å². The first-order valence-corrected chi connectivity index (χ1v) is 8.86. The van der Waals surface area contributed by atoms with Crippen LogP contribution in [-0.2, 0) is 4.79 Å². The minimum atomic E-state index is -0.454. The third-order valence-electron chi connectivity index (χ3n) is 3.31. The van der Waals surface area contributed by atoms with E-state index in [2.05, 4.69) is 26.5 Å². The number of benzene rings is 2. The molecule has 0 unspecified atom stereocenters. The number of amides is 1. The van der Waals surface area contributed by atoms with Crippen LogP contribution in [0.15, 0.2) is 46.0 Å². The third kappa shape index (κ3) is 5.82. The molecule has 0 saturated heterocycles. The molecule has 0 aliphatic rings. The summed E-state index contributed by atoms with van der Waals surface area (Å²) in [5.41, 5.74) is 3.55. The SMILES string of the molecule is CCOc1cc(/C=N\NC(=O)c2ccc(OC)cc2)cc(Br)c1OC(C)=O. The quantitative estimate of drug-likeness (QED) is 0.311. The molecule has 0 aliphatic carbocycles. The third-order valence-corrected chi connectivity index (χ3v) is 3.90. The van der Waals surface area contributed by atoms with E-state index in [1.54, 1.807) is 43.5 Å². The smallest absolute Gasteiger partial charge is 0.308 e. The number of esters is 1. The van der Waals surface area contributed by atoms with Gasteiger partial charge in [0.15, 0.2) is 11.5 Å². The van der Waals surface area contributed by atoms with E-state index in [1.165, 1.54) is 13.1 Å². The van der Waals surface area contributed by atoms with Gasteiger partial charge in [-0.2, -0.15) is 5.10 Å². The van der Waals surface area contributed by atoms with E-state index in [4.69, 9.17) is 14.2 Å². The Bertz CT molecular complexity index is 850. The monoisotopic (exact) mass is 434 g/mol. The van der Waals surface area contributed by atoms with Crippen molar-refractivity contribution in [1.82, 2.24) is 5.43 Å². The lowest BCUT2D eigenvalue weighted by Crippen LogP contribution is -2.17. The lowest BCUT2D eigenvalue weighted by atomic mass is 10.2. The molecule has 0 aliphatic heterocycles. The van der Waals surface area contributed by atoms with Crippen LogP contribution in [0.2, 0.25) is 0 Å². The zero-order valence-electron chi connectivity index (χ0n) is 15.1. The molecule has 0 heterocycles. The van der Waals surface area contributed by atoms with Crippen LogP contribution < -0.4 is 19.6 Å². The molecule has 0 bridgehead atoms. The number of hydrogen-bond acceptors (Lipinski definition) is 6. The van der Waals surface area contributed by atoms with Gasteiger partial charge in [-0.05, 0) is 64.8 Å². The molecule has 7 nitrogen and oxygen atoms in total. The Balaban J connectivity index is 2.13. The van der Waals surface area contributed by atoms with Crippen molar-refractivity contribution in [1.29, 1.82) is 0 Å². The molecule has 27 heavy (non-hydrogen) atoms. The maximum absolute atomic E-state index is 12.1. The topological polar surface area (TPSA) is 86.2 Å². The Labute approximate surface area is 165 Å². The molecular weight excluding hydrogens is 416 g/mol. The Morgan fingerprint density at radius 3 is 2.52 bits per heavy atom. The average Bonchev–Trinajstić information content (AvgIpc) is 2.64. The van der Waals surface area contributed by atoms with Gasteiger partial charge in [-0.3, -0.25) is 9.59 Å². The molecule has 0 fully saturated rings. The fraction of sp³-hybridized carbons (Fsp3) is 0.211. The fourth-order valence-electron chi connectivity index (χ4n) is 2.14. The van der Waals surface area contributed by atoms with Gasteiger partial charge in [0.1, 0.15) is 5.75 Å². The van der Waals surface area contributed by atoms with Gasteiger partial charge in [0.2, 0.25) is 0 Å². The number of hydrogen-bond donors (Lipinski definition) is 1. The highest BCUT2D eigenvalue weighted by Gasteiger charge is 2.14. The van der Waals surface area contributed by atoms with Crippen LogP contribution in [0.3, 0.4) is 0 Å². The Kier molecular flexibility index (Phi) is 7.36. The summed E-state index contributed by atoms with van der Waals surface area (Å²) in [6, 6.07) is 10.0. The zero-order chi connectivity index (χ0) is 19.8. The molecule has 0 saturated carbocycles. The van der Waals surface area contributed by atoms with Gasteiger partial charge >= 0.3 is 5.97 Å². The van der Waals surface area contributed by atoms with Gasteiger partial charge in [0, 0.05) is 12.5 Å². The van der Waals surface area contributed by atoms with Crippen LogP contribution in [0.5, 0.6) is 17.2 Å². The number of methoxy groups -OCH3 is 1. The molecule has 0 aromatic heterocycles. The summed E-state index contributed by atoms with van der Waals surface area (Å²) in [6.07, 6.45) is 1.46. The van der Waals surface area contributed by atoms with E-state index < -0.39 is 5.97 Å². The average molecular weight is 435 g/mol. The van der Waals surface area contributed by atoms with Gasteiger partial charge < -0.3 is 14.2 Å². The van der Waals surface area contributed by atoms with Gasteiger partial charge in [0.25, 0.3) is 5.91 Å². The number of nitrogens with one attached hydrogen (secondary N) is 1. The van der Waals surface area contributed by atoms with Crippen molar-refractivity contribution < 1.29 is 23.8 Å². The van der Waals surface area contributed by atoms with Crippen molar-refractivity contribution >= 4 is 34.0 Å². The molecule has 142 valence electrons. The summed E-state index contributed by atoms with van der Waals surface area (Å²) in [4.78, 5) is 23.3. The van der Waals surface area contributed by atoms with Crippen molar-refractivity contribution in [2.75, 3.05) is 13.7 Å². The Hall–Kier alpha value is -2.87. The zero-order valence-corrected chi connectivity index (χ0v) is 16.7. The highest BCUT2D eigenvalue weighted by Crippen LogP contribution is 2.36. The Morgan fingerprint density at radius 1 is 1.22 bits per heavy atom. The molecule has 2 aromatic carbocycles. The maximum atomic E-state index is 12.1. The van der Waals surface area contributed by atoms with Crippen LogP contribution in [0.4, 0.5) is 0 Å². The number of halogens is 1. The van der Waals surface area contributed by atoms with E-state index >= 15 is 0 Å². The molecule has 0 radical (unpaired) electrons. The first-order valence-electron chi connectivity index (χ1n) is 8.06. The number of nitrogens with zero attached hydrogens (tertiary/aromatic N) is 1. The first kappa shape index (κ1) is 20.4. The molecular formula is C19H19BrN2O5. The first-order chi connectivity index (χ1) is 12.9. The van der Waals surface area contributed by atoms with E-state index in [9.17, 15) is 9.59 Å². The summed E-state index contributed by atoms with van der Waals surface area (Å²) in [5, 5.41) is 3.95. The number of rotatable bonds is 7. The molecule has 2 aromatic rings. The standard InChI is InChI=1S/C19H19BrN2O5/c1-4-26-17-10-13(9-16(20)18(17)27-12(2)23)11-21-22-19(24)14-5-7-15(25-3)8-6-14/h5-11H,4H2,1-3H3,(H,22,24)/b21-11-. The van der Waals surface area contributed by atoms with E-state index in [0.717, 1.165) is 0 Å². The predicted molar refractivity (Wildman–Crippen MR) is 105 cm³/mol. The molecule has 1 amide bonds. The summed E-state index contributed by atoms with van der Waals surface area (Å²) in [5.74, 6) is 0.546. The second-order valence-corrected chi connectivity index (χ2v) is 6.14. The molecule has 8 heteroatoms. The van der Waals surface area contributed by atoms with E-state index in [0.29, 0.717) is 39.5 Å². The maximum Gasteiger partial charge on any atom is 0.308 e. The lowest BCUT2D eigenvalue weighted by molar-refractivity contribution is -0.132. The van der Waals surface area contributed by atoms with Gasteiger partial charge in [-0.1, -0.05) is 0 Å². The minimum absolute atomic E-state index is 0.295. The van der Waals surface area contributed by atoms with Crippen LogP contribution in [0, 0.1) is 0 Å². The second-order valence-electron chi connectivity index (χ2n) is 5.28. The molecule has 2 rings (SSSR count). The molecule has 1 N–H and O–H groups in total. The van der Waals surface area contributed by atoms with Gasteiger partial charge in [0.05, 0.1) is 24.4 Å². The van der Waals surface area contributed by atoms with Crippen molar-refractivity contribution in [2.24, 2.45) is 5.10 Å². The largest absolute Gasteiger partial charge is 0.497 e. The van der Waals surface area contributed by atoms with Crippen LogP contribution in [0.1, 0.15) is 29.8 Å². The van der Waals surface area contributed by atoms with Crippen LogP contribution in [0.25, 0.3) is 0 Å². The second kappa shape index (κ2) is 9.72. The fourth-order valence-corrected chi connectivity index (χ4v) is 2.68. The normalized spacial score (nSPS) is 10.5. The molecule has 0 atom stereocenters. The number of ether oxygens (including phenoxy) is 3. The number of carbonyl (C=O) groups excluding carboxylic acids is 2. The highest BCUT2D eigenvalue weighted by molar-refractivity contribution is 9.10.